The number of benzene rings is 1. The van der Waals surface area contributed by atoms with Crippen LogP contribution in [0.2, 0.25) is 0 Å². The largest absolute Gasteiger partial charge is 0.444 e. The van der Waals surface area contributed by atoms with Crippen LogP contribution in [0.15, 0.2) is 18.2 Å². The maximum absolute atomic E-state index is 12.5. The molecule has 1 aromatic rings. The molecule has 1 atom stereocenters. The van der Waals surface area contributed by atoms with E-state index in [-0.39, 0.29) is 17.1 Å². The van der Waals surface area contributed by atoms with Crippen LogP contribution in [0.25, 0.3) is 0 Å². The van der Waals surface area contributed by atoms with Crippen LogP contribution in [0.1, 0.15) is 33.6 Å². The van der Waals surface area contributed by atoms with Gasteiger partial charge in [-0.15, -0.1) is 0 Å². The fourth-order valence-electron chi connectivity index (χ4n) is 2.56. The van der Waals surface area contributed by atoms with Gasteiger partial charge in [0.05, 0.1) is 16.3 Å². The molecule has 1 unspecified atom stereocenters. The summed E-state index contributed by atoms with van der Waals surface area (Å²) in [5.41, 5.74) is 5.29. The fraction of sp³-hybridized carbons (Fsp3) is 0.500. The number of hydrogen-bond acceptors (Lipinski definition) is 6. The number of nitro groups is 1. The van der Waals surface area contributed by atoms with Crippen LogP contribution in [0.5, 0.6) is 0 Å². The van der Waals surface area contributed by atoms with Crippen molar-refractivity contribution in [2.24, 2.45) is 0 Å². The highest BCUT2D eigenvalue weighted by Crippen LogP contribution is 2.27. The topological polar surface area (TPSA) is 128 Å². The van der Waals surface area contributed by atoms with Gasteiger partial charge in [0.15, 0.2) is 0 Å². The van der Waals surface area contributed by atoms with E-state index in [9.17, 15) is 19.7 Å². The summed E-state index contributed by atoms with van der Waals surface area (Å²) < 4.78 is 5.32. The molecule has 0 aliphatic carbocycles. The molecule has 1 saturated heterocycles. The Labute approximate surface area is 145 Å². The number of carbonyl (C=O) groups is 2. The van der Waals surface area contributed by atoms with Gasteiger partial charge in [-0.05, 0) is 39.7 Å². The molecule has 3 N–H and O–H groups in total. The van der Waals surface area contributed by atoms with Crippen molar-refractivity contribution in [2.45, 2.75) is 45.3 Å². The van der Waals surface area contributed by atoms with Gasteiger partial charge in [-0.3, -0.25) is 19.8 Å². The van der Waals surface area contributed by atoms with Crippen LogP contribution in [-0.4, -0.2) is 40.0 Å². The molecule has 1 aliphatic rings. The first-order chi connectivity index (χ1) is 11.6. The van der Waals surface area contributed by atoms with E-state index in [1.54, 1.807) is 20.8 Å². The second-order valence-electron chi connectivity index (χ2n) is 6.85. The van der Waals surface area contributed by atoms with E-state index >= 15 is 0 Å². The Morgan fingerprint density at radius 1 is 1.40 bits per heavy atom. The second-order valence-corrected chi connectivity index (χ2v) is 6.85. The Balaban J connectivity index is 2.13. The van der Waals surface area contributed by atoms with Gasteiger partial charge in [-0.1, -0.05) is 0 Å². The third-order valence-electron chi connectivity index (χ3n) is 3.69. The highest BCUT2D eigenvalue weighted by atomic mass is 16.6. The van der Waals surface area contributed by atoms with Gasteiger partial charge in [0, 0.05) is 18.7 Å². The molecular formula is C16H22N4O5. The first kappa shape index (κ1) is 18.5. The SMILES string of the molecule is CC(C)(C)OC(=O)N1CCCC1C(=O)Nc1cc([N+](=O)[O-])ccc1N. The average Bonchev–Trinajstić information content (AvgIpc) is 2.97. The maximum atomic E-state index is 12.5. The second kappa shape index (κ2) is 6.96. The number of nitrogens with zero attached hydrogens (tertiary/aromatic N) is 2. The molecular weight excluding hydrogens is 328 g/mol. The Morgan fingerprint density at radius 2 is 2.08 bits per heavy atom. The Hall–Kier alpha value is -2.84. The van der Waals surface area contributed by atoms with Crippen LogP contribution in [0.3, 0.4) is 0 Å². The number of likely N-dealkylation sites (tertiary alicyclic amines) is 1. The zero-order chi connectivity index (χ0) is 18.8. The standard InChI is InChI=1S/C16H22N4O5/c1-16(2,3)25-15(22)19-8-4-5-13(19)14(21)18-12-9-10(20(23)24)6-7-11(12)17/h6-7,9,13H,4-5,8,17H2,1-3H3,(H,18,21). The number of rotatable bonds is 3. The number of ether oxygens (including phenoxy) is 1. The molecule has 1 aromatic carbocycles. The van der Waals surface area contributed by atoms with E-state index in [0.717, 1.165) is 0 Å². The molecule has 1 heterocycles. The van der Waals surface area contributed by atoms with E-state index in [2.05, 4.69) is 5.32 Å². The molecule has 0 aromatic heterocycles. The number of nitrogens with two attached hydrogens (primary N) is 1. The van der Waals surface area contributed by atoms with E-state index in [1.165, 1.54) is 23.1 Å². The number of hydrogen-bond donors (Lipinski definition) is 2. The zero-order valence-corrected chi connectivity index (χ0v) is 14.4. The molecule has 136 valence electrons. The van der Waals surface area contributed by atoms with Gasteiger partial charge >= 0.3 is 6.09 Å². The summed E-state index contributed by atoms with van der Waals surface area (Å²) >= 11 is 0. The van der Waals surface area contributed by atoms with E-state index in [4.69, 9.17) is 10.5 Å². The Morgan fingerprint density at radius 3 is 2.68 bits per heavy atom. The average molecular weight is 350 g/mol. The summed E-state index contributed by atoms with van der Waals surface area (Å²) in [5, 5.41) is 13.4. The van der Waals surface area contributed by atoms with Gasteiger partial charge in [0.2, 0.25) is 5.91 Å². The van der Waals surface area contributed by atoms with Crippen LogP contribution < -0.4 is 11.1 Å². The Bertz CT molecular complexity index is 698. The minimum Gasteiger partial charge on any atom is -0.444 e. The molecule has 2 amide bonds. The van der Waals surface area contributed by atoms with Crippen LogP contribution >= 0.6 is 0 Å². The lowest BCUT2D eigenvalue weighted by atomic mass is 10.2. The third-order valence-corrected chi connectivity index (χ3v) is 3.69. The molecule has 0 saturated carbocycles. The zero-order valence-electron chi connectivity index (χ0n) is 14.4. The quantitative estimate of drug-likeness (QED) is 0.490. The normalized spacial score (nSPS) is 17.2. The van der Waals surface area contributed by atoms with Crippen molar-refractivity contribution >= 4 is 29.1 Å². The number of non-ortho nitro benzene ring substituents is 1. The van der Waals surface area contributed by atoms with Crippen LogP contribution in [0.4, 0.5) is 21.9 Å². The number of amides is 2. The smallest absolute Gasteiger partial charge is 0.410 e. The molecule has 0 spiro atoms. The molecule has 0 radical (unpaired) electrons. The van der Waals surface area contributed by atoms with Gasteiger partial charge in [-0.25, -0.2) is 4.79 Å². The fourth-order valence-corrected chi connectivity index (χ4v) is 2.56. The van der Waals surface area contributed by atoms with E-state index in [1.807, 2.05) is 0 Å². The van der Waals surface area contributed by atoms with Gasteiger partial charge in [0.1, 0.15) is 11.6 Å². The monoisotopic (exact) mass is 350 g/mol. The first-order valence-electron chi connectivity index (χ1n) is 7.93. The third kappa shape index (κ3) is 4.59. The predicted molar refractivity (Wildman–Crippen MR) is 92.1 cm³/mol. The molecule has 9 heteroatoms. The molecule has 0 bridgehead atoms. The number of nitrogen functional groups attached to an aromatic ring is 1. The van der Waals surface area contributed by atoms with Crippen molar-refractivity contribution in [3.05, 3.63) is 28.3 Å². The van der Waals surface area contributed by atoms with Gasteiger partial charge in [0.25, 0.3) is 5.69 Å². The minimum absolute atomic E-state index is 0.148. The van der Waals surface area contributed by atoms with Crippen molar-refractivity contribution < 1.29 is 19.2 Å². The number of nitro benzene ring substituents is 1. The number of carbonyl (C=O) groups excluding carboxylic acids is 2. The van der Waals surface area contributed by atoms with E-state index < -0.39 is 28.6 Å². The van der Waals surface area contributed by atoms with Crippen LogP contribution in [0, 0.1) is 10.1 Å². The maximum Gasteiger partial charge on any atom is 0.410 e. The summed E-state index contributed by atoms with van der Waals surface area (Å²) in [4.78, 5) is 36.5. The van der Waals surface area contributed by atoms with Crippen molar-refractivity contribution in [1.29, 1.82) is 0 Å². The number of anilines is 2. The van der Waals surface area contributed by atoms with Crippen LogP contribution in [-0.2, 0) is 9.53 Å². The van der Waals surface area contributed by atoms with E-state index in [0.29, 0.717) is 19.4 Å². The molecule has 1 aliphatic heterocycles. The van der Waals surface area contributed by atoms with Crippen molar-refractivity contribution in [3.8, 4) is 0 Å². The summed E-state index contributed by atoms with van der Waals surface area (Å²) in [5.74, 6) is -0.449. The van der Waals surface area contributed by atoms with Crippen molar-refractivity contribution in [1.82, 2.24) is 4.90 Å². The highest BCUT2D eigenvalue weighted by molar-refractivity contribution is 5.99. The minimum atomic E-state index is -0.700. The number of nitrogens with one attached hydrogen (secondary N) is 1. The van der Waals surface area contributed by atoms with Crippen molar-refractivity contribution in [3.63, 3.8) is 0 Å². The molecule has 9 nitrogen and oxygen atoms in total. The van der Waals surface area contributed by atoms with Gasteiger partial charge in [-0.2, -0.15) is 0 Å². The highest BCUT2D eigenvalue weighted by Gasteiger charge is 2.36. The summed E-state index contributed by atoms with van der Waals surface area (Å²) in [7, 11) is 0. The molecule has 1 fully saturated rings. The summed E-state index contributed by atoms with van der Waals surface area (Å²) in [6, 6.07) is 3.11. The Kier molecular flexibility index (Phi) is 5.15. The molecule has 25 heavy (non-hydrogen) atoms. The summed E-state index contributed by atoms with van der Waals surface area (Å²) in [6.07, 6.45) is 0.596. The summed E-state index contributed by atoms with van der Waals surface area (Å²) in [6.45, 7) is 5.66. The van der Waals surface area contributed by atoms with Crippen molar-refractivity contribution in [2.75, 3.05) is 17.6 Å². The lowest BCUT2D eigenvalue weighted by molar-refractivity contribution is -0.384. The van der Waals surface area contributed by atoms with Gasteiger partial charge < -0.3 is 15.8 Å². The molecule has 2 rings (SSSR count). The lowest BCUT2D eigenvalue weighted by Gasteiger charge is -2.28. The first-order valence-corrected chi connectivity index (χ1v) is 7.93. The lowest BCUT2D eigenvalue weighted by Crippen LogP contribution is -2.45. The predicted octanol–water partition coefficient (Wildman–Crippen LogP) is 2.51.